The quantitative estimate of drug-likeness (QED) is 0.0681. The van der Waals surface area contributed by atoms with Crippen molar-refractivity contribution in [2.75, 3.05) is 69.6 Å². The van der Waals surface area contributed by atoms with E-state index in [0.717, 1.165) is 21.6 Å². The first-order valence-electron chi connectivity index (χ1n) is 28.1. The Morgan fingerprint density at radius 2 is 1.48 bits per heavy atom. The number of hydrogen-bond donors (Lipinski definition) is 11. The number of unbranched alkanes of at least 4 members (excludes halogenated alkanes) is 2. The van der Waals surface area contributed by atoms with Gasteiger partial charge in [0, 0.05) is 106 Å². The van der Waals surface area contributed by atoms with Crippen molar-refractivity contribution in [1.82, 2.24) is 46.3 Å². The summed E-state index contributed by atoms with van der Waals surface area (Å²) in [6.45, 7) is 3.37. The third-order valence-corrected chi connectivity index (χ3v) is 17.4. The second-order valence-electron chi connectivity index (χ2n) is 22.0. The van der Waals surface area contributed by atoms with Gasteiger partial charge < -0.3 is 72.4 Å². The van der Waals surface area contributed by atoms with E-state index >= 15 is 0 Å². The molecule has 2 bridgehead atoms. The van der Waals surface area contributed by atoms with Gasteiger partial charge in [0.15, 0.2) is 11.6 Å². The Bertz CT molecular complexity index is 2870. The van der Waals surface area contributed by atoms with Crippen LogP contribution in [-0.2, 0) is 64.0 Å². The van der Waals surface area contributed by atoms with E-state index in [1.807, 2.05) is 4.90 Å². The summed E-state index contributed by atoms with van der Waals surface area (Å²) in [4.78, 5) is 174. The van der Waals surface area contributed by atoms with E-state index in [0.29, 0.717) is 47.8 Å². The number of aromatic nitrogens is 1. The smallest absolute Gasteiger partial charge is 0.253 e. The van der Waals surface area contributed by atoms with Crippen molar-refractivity contribution in [2.45, 2.75) is 126 Å². The number of primary amides is 1. The predicted molar refractivity (Wildman–Crippen MR) is 297 cm³/mol. The molecule has 452 valence electrons. The normalized spacial score (nSPS) is 26.0. The van der Waals surface area contributed by atoms with Gasteiger partial charge in [-0.25, -0.2) is 0 Å². The molecule has 7 rings (SSSR count). The summed E-state index contributed by atoms with van der Waals surface area (Å²) in [6, 6.07) is -2.86. The number of carbonyl (C=O) groups is 12. The Morgan fingerprint density at radius 1 is 0.807 bits per heavy atom. The molecule has 2 saturated heterocycles. The van der Waals surface area contributed by atoms with Crippen LogP contribution in [0.5, 0.6) is 5.75 Å². The van der Waals surface area contributed by atoms with Crippen molar-refractivity contribution in [3.05, 3.63) is 29.8 Å². The number of amides is 10. The number of ketones is 2. The largest absolute Gasteiger partial charge is 0.506 e. The highest BCUT2D eigenvalue weighted by Gasteiger charge is 2.45. The number of nitrogens with two attached hydrogens (primary N) is 1. The number of nitrogens with zero attached hydrogens (tertiary/aromatic N) is 4. The molecule has 0 aliphatic carbocycles. The fourth-order valence-corrected chi connectivity index (χ4v) is 12.3. The molecule has 28 heteroatoms. The first kappa shape index (κ1) is 63.2. The molecule has 83 heavy (non-hydrogen) atoms. The van der Waals surface area contributed by atoms with Crippen molar-refractivity contribution in [3.8, 4) is 5.75 Å². The molecule has 5 aliphatic heterocycles. The van der Waals surface area contributed by atoms with Crippen LogP contribution in [0.2, 0.25) is 0 Å². The minimum absolute atomic E-state index is 0.108. The van der Waals surface area contributed by atoms with Crippen LogP contribution in [0, 0.1) is 23.7 Å². The second kappa shape index (κ2) is 28.2. The van der Waals surface area contributed by atoms with Crippen molar-refractivity contribution < 1.29 is 78.0 Å². The number of H-pyrrole nitrogens is 1. The molecular formula is C55H75N11O16S. The Morgan fingerprint density at radius 3 is 2.14 bits per heavy atom. The number of phenols is 1. The van der Waals surface area contributed by atoms with Crippen LogP contribution in [0.4, 0.5) is 5.69 Å². The van der Waals surface area contributed by atoms with Gasteiger partial charge in [-0.3, -0.25) is 62.4 Å². The lowest BCUT2D eigenvalue weighted by molar-refractivity contribution is -0.145. The Hall–Kier alpha value is -7.43. The van der Waals surface area contributed by atoms with Crippen LogP contribution in [-0.4, -0.2) is 212 Å². The lowest BCUT2D eigenvalue weighted by atomic mass is 9.85. The number of aliphatic hydroxyl groups is 3. The molecule has 1 aromatic carbocycles. The topological polar surface area (TPSA) is 401 Å². The number of thioether (sulfide) groups is 1. The number of piperazine rings is 1. The maximum absolute atomic E-state index is 15.0. The van der Waals surface area contributed by atoms with Gasteiger partial charge >= 0.3 is 0 Å². The van der Waals surface area contributed by atoms with Gasteiger partial charge in [-0.1, -0.05) is 33.6 Å². The molecule has 12 N–H and O–H groups in total. The summed E-state index contributed by atoms with van der Waals surface area (Å²) in [6.07, 6.45) is -1.04. The highest BCUT2D eigenvalue weighted by Crippen LogP contribution is 2.42. The number of phenolic OH excluding ortho intramolecular Hbond substituents is 1. The van der Waals surface area contributed by atoms with Crippen LogP contribution < -0.4 is 37.2 Å². The Balaban J connectivity index is 1.29. The number of anilines is 1. The molecule has 1 aromatic heterocycles. The monoisotopic (exact) mass is 1180 g/mol. The number of benzene rings is 1. The third-order valence-electron chi connectivity index (χ3n) is 16.2. The zero-order valence-electron chi connectivity index (χ0n) is 46.7. The van der Waals surface area contributed by atoms with Gasteiger partial charge in [-0.05, 0) is 42.9 Å². The zero-order valence-corrected chi connectivity index (χ0v) is 47.5. The summed E-state index contributed by atoms with van der Waals surface area (Å²) in [5.41, 5.74) is 6.64. The predicted octanol–water partition coefficient (Wildman–Crippen LogP) is -2.62. The average molecular weight is 1180 g/mol. The van der Waals surface area contributed by atoms with Gasteiger partial charge in [-0.15, -0.1) is 11.8 Å². The lowest BCUT2D eigenvalue weighted by Crippen LogP contribution is -2.56. The average Bonchev–Trinajstić information content (AvgIpc) is 2.67. The van der Waals surface area contributed by atoms with E-state index in [2.05, 4.69) is 31.6 Å². The van der Waals surface area contributed by atoms with Crippen LogP contribution >= 0.6 is 11.8 Å². The number of aromatic amines is 1. The van der Waals surface area contributed by atoms with Crippen LogP contribution in [0.1, 0.15) is 84.1 Å². The Labute approximate surface area is 482 Å². The SMILES string of the molecule is CC[C@H](C)[C@@H]1NC(=O)CNC(=O)[C@@H]2CC(=O)[C@H]([C@@H](C)[C@@H](O)CO)NC(=O)[C@@H]3C[C@@H](O)CN3C(=O)[C@H](CC(N)=O)CC(=O)[C@H](CSc3[nH]c4c(N5CCN(C(=O)CCCCCN6C(=O)C=CC6=O)CC5)c(O)ccc4c3C2)NC(=O)CNC1=O. The third kappa shape index (κ3) is 15.4. The number of imide groups is 1. The molecule has 0 unspecified atom stereocenters. The van der Waals surface area contributed by atoms with E-state index in [-0.39, 0.29) is 86.2 Å². The van der Waals surface area contributed by atoms with E-state index in [9.17, 15) is 78.0 Å². The molecule has 10 amide bonds. The van der Waals surface area contributed by atoms with Crippen LogP contribution in [0.15, 0.2) is 29.3 Å². The first-order chi connectivity index (χ1) is 39.5. The van der Waals surface area contributed by atoms with Crippen molar-refractivity contribution in [3.63, 3.8) is 0 Å². The number of rotatable bonds is 14. The van der Waals surface area contributed by atoms with Crippen molar-refractivity contribution >= 4 is 99.0 Å². The number of nitrogens with one attached hydrogen (secondary N) is 6. The van der Waals surface area contributed by atoms with Gasteiger partial charge in [0.2, 0.25) is 47.3 Å². The van der Waals surface area contributed by atoms with E-state index in [4.69, 9.17) is 5.73 Å². The van der Waals surface area contributed by atoms with Crippen molar-refractivity contribution in [1.29, 1.82) is 0 Å². The van der Waals surface area contributed by atoms with Crippen molar-refractivity contribution in [2.24, 2.45) is 29.4 Å². The summed E-state index contributed by atoms with van der Waals surface area (Å²) in [5, 5.41) is 57.3. The minimum atomic E-state index is -1.66. The summed E-state index contributed by atoms with van der Waals surface area (Å²) < 4.78 is 0. The molecule has 2 fully saturated rings. The maximum Gasteiger partial charge on any atom is 0.253 e. The Kier molecular flexibility index (Phi) is 21.5. The molecule has 0 spiro atoms. The molecule has 10 atom stereocenters. The van der Waals surface area contributed by atoms with Gasteiger partial charge in [0.1, 0.15) is 23.5 Å². The van der Waals surface area contributed by atoms with Gasteiger partial charge in [0.05, 0.1) is 60.4 Å². The molecule has 6 heterocycles. The summed E-state index contributed by atoms with van der Waals surface area (Å²) in [7, 11) is 0. The first-order valence-corrected chi connectivity index (χ1v) is 29.1. The fourth-order valence-electron chi connectivity index (χ4n) is 11.2. The number of Topliss-reactive ketones (excluding diaryl/α,β-unsaturated/α-hetero) is 2. The number of carbonyl (C=O) groups excluding carboxylic acids is 12. The number of aliphatic hydroxyl groups excluding tert-OH is 3. The molecule has 2 aromatic rings. The van der Waals surface area contributed by atoms with Crippen LogP contribution in [0.25, 0.3) is 10.9 Å². The van der Waals surface area contributed by atoms with E-state index in [1.165, 1.54) is 25.1 Å². The van der Waals surface area contributed by atoms with Crippen LogP contribution in [0.3, 0.4) is 0 Å². The maximum atomic E-state index is 15.0. The minimum Gasteiger partial charge on any atom is -0.506 e. The summed E-state index contributed by atoms with van der Waals surface area (Å²) in [5.74, 6) is -13.9. The van der Waals surface area contributed by atoms with E-state index < -0.39 is 158 Å². The lowest BCUT2D eigenvalue weighted by Gasteiger charge is -2.36. The molecule has 5 aliphatic rings. The molecule has 0 radical (unpaired) electrons. The summed E-state index contributed by atoms with van der Waals surface area (Å²) >= 11 is 0.984. The van der Waals surface area contributed by atoms with Gasteiger partial charge in [-0.2, -0.15) is 0 Å². The number of fused-ring (bicyclic) bond motifs is 5. The van der Waals surface area contributed by atoms with Gasteiger partial charge in [0.25, 0.3) is 11.8 Å². The van der Waals surface area contributed by atoms with E-state index in [1.54, 1.807) is 24.8 Å². The number of aromatic hydroxyl groups is 1. The molecule has 27 nitrogen and oxygen atoms in total. The molecule has 0 saturated carbocycles. The second-order valence-corrected chi connectivity index (χ2v) is 23.1. The fraction of sp³-hybridized carbons (Fsp3) is 0.600. The highest BCUT2D eigenvalue weighted by atomic mass is 32.2. The number of hydrogen-bond acceptors (Lipinski definition) is 18. The molecular weight excluding hydrogens is 1100 g/mol. The zero-order chi connectivity index (χ0) is 60.4. The highest BCUT2D eigenvalue weighted by molar-refractivity contribution is 7.99. The standard InChI is InChI=1S/C55H75N11O16S/c1-4-28(2)47-53(81)58-23-42(74)59-35-27-83-54-34(33-9-10-37(69)50(49(33)62-54)64-16-14-63(15-17-64)44(76)8-6-5-7-13-65-45(77)11-12-46(65)78)18-30(51(79)57-24-43(75)60-47)19-39(71)48(29(3)40(72)26-67)61-52(80)36-22-32(68)25-66(36)55(82)31(20-38(35)70)21-41(56)73/h9-12,28-32,35-36,40,47-48,62,67-69,72H,4-8,13-27H2,1-3H3,(H2,56,73)(H,57,79)(H,58,81)(H,59,74)(H,60,75)(H,61,80)/t28-,29-,30-,31-,32+,35-,36-,40-,47-,48-/m0/s1.